The van der Waals surface area contributed by atoms with Crippen molar-refractivity contribution in [2.75, 3.05) is 11.9 Å². The largest absolute Gasteiger partial charge is 0.325 e. The molecule has 0 spiro atoms. The first kappa shape index (κ1) is 19.0. The lowest BCUT2D eigenvalue weighted by Gasteiger charge is -2.23. The first-order chi connectivity index (χ1) is 12.7. The molecule has 0 saturated carbocycles. The van der Waals surface area contributed by atoms with Crippen molar-refractivity contribution in [3.05, 3.63) is 63.9 Å². The van der Waals surface area contributed by atoms with Gasteiger partial charge in [0.1, 0.15) is 17.9 Å². The van der Waals surface area contributed by atoms with E-state index in [2.05, 4.69) is 26.6 Å². The molecule has 0 unspecified atom stereocenters. The summed E-state index contributed by atoms with van der Waals surface area (Å²) in [7, 11) is 0. The Bertz CT molecular complexity index is 950. The van der Waals surface area contributed by atoms with Crippen LogP contribution in [0.2, 0.25) is 0 Å². The summed E-state index contributed by atoms with van der Waals surface area (Å²) in [6.07, 6.45) is 0. The molecule has 1 aliphatic heterocycles. The summed E-state index contributed by atoms with van der Waals surface area (Å²) in [5, 5.41) is 5.18. The van der Waals surface area contributed by atoms with Gasteiger partial charge in [-0.3, -0.25) is 14.5 Å². The lowest BCUT2D eigenvalue weighted by molar-refractivity contribution is -0.133. The fraction of sp³-hybridized carbons (Fsp3) is 0.211. The van der Waals surface area contributed by atoms with Gasteiger partial charge in [0.25, 0.3) is 5.91 Å². The molecule has 1 fully saturated rings. The molecule has 0 aliphatic carbocycles. The zero-order valence-corrected chi connectivity index (χ0v) is 16.3. The first-order valence-corrected chi connectivity index (χ1v) is 8.97. The molecule has 2 aromatic rings. The Morgan fingerprint density at radius 3 is 2.67 bits per heavy atom. The molecule has 1 aliphatic rings. The highest BCUT2D eigenvalue weighted by molar-refractivity contribution is 9.10. The Morgan fingerprint density at radius 2 is 1.96 bits per heavy atom. The minimum atomic E-state index is -1.29. The van der Waals surface area contributed by atoms with E-state index >= 15 is 0 Å². The van der Waals surface area contributed by atoms with Crippen LogP contribution in [0.5, 0.6) is 0 Å². The second-order valence-electron chi connectivity index (χ2n) is 6.43. The van der Waals surface area contributed by atoms with Gasteiger partial charge in [-0.25, -0.2) is 9.18 Å². The molecule has 0 bridgehead atoms. The van der Waals surface area contributed by atoms with E-state index in [1.807, 2.05) is 0 Å². The van der Waals surface area contributed by atoms with Gasteiger partial charge < -0.3 is 10.6 Å². The fourth-order valence-electron chi connectivity index (χ4n) is 2.95. The SMILES string of the molecule is Cc1ccc(F)cc1NC(=O)CN1C(=O)N[C@](C)(c2ccccc2Br)C1=O. The van der Waals surface area contributed by atoms with E-state index in [0.717, 1.165) is 4.90 Å². The van der Waals surface area contributed by atoms with Gasteiger partial charge in [0.15, 0.2) is 0 Å². The third-order valence-electron chi connectivity index (χ3n) is 4.46. The number of hydrogen-bond acceptors (Lipinski definition) is 3. The van der Waals surface area contributed by atoms with E-state index in [9.17, 15) is 18.8 Å². The molecule has 1 heterocycles. The molecule has 8 heteroatoms. The Morgan fingerprint density at radius 1 is 1.26 bits per heavy atom. The van der Waals surface area contributed by atoms with Crippen LogP contribution in [0.1, 0.15) is 18.1 Å². The van der Waals surface area contributed by atoms with E-state index in [1.165, 1.54) is 18.2 Å². The summed E-state index contributed by atoms with van der Waals surface area (Å²) in [6, 6.07) is 10.4. The van der Waals surface area contributed by atoms with Crippen LogP contribution in [0.3, 0.4) is 0 Å². The van der Waals surface area contributed by atoms with Crippen LogP contribution in [0, 0.1) is 12.7 Å². The molecule has 4 amide bonds. The van der Waals surface area contributed by atoms with Crippen molar-refractivity contribution >= 4 is 39.5 Å². The van der Waals surface area contributed by atoms with Gasteiger partial charge >= 0.3 is 6.03 Å². The summed E-state index contributed by atoms with van der Waals surface area (Å²) >= 11 is 3.38. The van der Waals surface area contributed by atoms with E-state index < -0.39 is 35.7 Å². The first-order valence-electron chi connectivity index (χ1n) is 8.17. The molecule has 3 rings (SSSR count). The number of halogens is 2. The van der Waals surface area contributed by atoms with Crippen molar-refractivity contribution in [1.29, 1.82) is 0 Å². The van der Waals surface area contributed by atoms with Crippen molar-refractivity contribution in [2.24, 2.45) is 0 Å². The summed E-state index contributed by atoms with van der Waals surface area (Å²) in [6.45, 7) is 2.83. The van der Waals surface area contributed by atoms with Gasteiger partial charge in [0, 0.05) is 15.7 Å². The van der Waals surface area contributed by atoms with Crippen LogP contribution in [0.15, 0.2) is 46.9 Å². The predicted octanol–water partition coefficient (Wildman–Crippen LogP) is 3.30. The molecule has 2 N–H and O–H groups in total. The maximum absolute atomic E-state index is 13.4. The Labute approximate surface area is 163 Å². The van der Waals surface area contributed by atoms with Gasteiger partial charge in [-0.1, -0.05) is 40.2 Å². The minimum absolute atomic E-state index is 0.292. The highest BCUT2D eigenvalue weighted by atomic mass is 79.9. The Kier molecular flexibility index (Phi) is 5.01. The van der Waals surface area contributed by atoms with Gasteiger partial charge in [-0.05, 0) is 37.6 Å². The van der Waals surface area contributed by atoms with E-state index in [-0.39, 0.29) is 0 Å². The van der Waals surface area contributed by atoms with Gasteiger partial charge in [-0.2, -0.15) is 0 Å². The minimum Gasteiger partial charge on any atom is -0.324 e. The molecule has 140 valence electrons. The summed E-state index contributed by atoms with van der Waals surface area (Å²) in [5.74, 6) is -1.62. The zero-order chi connectivity index (χ0) is 19.8. The number of amides is 4. The summed E-state index contributed by atoms with van der Waals surface area (Å²) in [5.41, 5.74) is 0.263. The van der Waals surface area contributed by atoms with E-state index in [0.29, 0.717) is 21.3 Å². The molecule has 2 aromatic carbocycles. The molecule has 1 saturated heterocycles. The number of imide groups is 1. The number of aryl methyl sites for hydroxylation is 1. The van der Waals surface area contributed by atoms with Crippen molar-refractivity contribution < 1.29 is 18.8 Å². The number of rotatable bonds is 4. The number of hydrogen-bond donors (Lipinski definition) is 2. The summed E-state index contributed by atoms with van der Waals surface area (Å²) < 4.78 is 14.0. The predicted molar refractivity (Wildman–Crippen MR) is 102 cm³/mol. The fourth-order valence-corrected chi connectivity index (χ4v) is 3.63. The Hall–Kier alpha value is -2.74. The maximum Gasteiger partial charge on any atom is 0.325 e. The molecule has 1 atom stereocenters. The molecular weight excluding hydrogens is 417 g/mol. The lowest BCUT2D eigenvalue weighted by Crippen LogP contribution is -2.42. The van der Waals surface area contributed by atoms with Gasteiger partial charge in [0.2, 0.25) is 5.91 Å². The van der Waals surface area contributed by atoms with E-state index in [4.69, 9.17) is 0 Å². The number of urea groups is 1. The molecule has 0 radical (unpaired) electrons. The normalized spacial score (nSPS) is 19.2. The smallest absolute Gasteiger partial charge is 0.324 e. The quantitative estimate of drug-likeness (QED) is 0.725. The number of nitrogens with one attached hydrogen (secondary N) is 2. The van der Waals surface area contributed by atoms with Crippen molar-refractivity contribution in [3.63, 3.8) is 0 Å². The molecule has 0 aromatic heterocycles. The van der Waals surface area contributed by atoms with Crippen LogP contribution in [-0.2, 0) is 15.1 Å². The van der Waals surface area contributed by atoms with Gasteiger partial charge in [-0.15, -0.1) is 0 Å². The number of anilines is 1. The molecular formula is C19H17BrFN3O3. The standard InChI is InChI=1S/C19H17BrFN3O3/c1-11-7-8-12(21)9-15(11)22-16(25)10-24-17(26)19(2,23-18(24)27)13-5-3-4-6-14(13)20/h3-9H,10H2,1-2H3,(H,22,25)(H,23,27)/t19-/m1/s1. The van der Waals surface area contributed by atoms with Crippen molar-refractivity contribution in [2.45, 2.75) is 19.4 Å². The number of nitrogens with zero attached hydrogens (tertiary/aromatic N) is 1. The monoisotopic (exact) mass is 433 g/mol. The van der Waals surface area contributed by atoms with E-state index in [1.54, 1.807) is 38.1 Å². The number of carbonyl (C=O) groups excluding carboxylic acids is 3. The third-order valence-corrected chi connectivity index (χ3v) is 5.15. The summed E-state index contributed by atoms with van der Waals surface area (Å²) in [4.78, 5) is 38.4. The zero-order valence-electron chi connectivity index (χ0n) is 14.7. The average Bonchev–Trinajstić information content (AvgIpc) is 2.82. The van der Waals surface area contributed by atoms with Crippen molar-refractivity contribution in [1.82, 2.24) is 10.2 Å². The maximum atomic E-state index is 13.4. The number of carbonyl (C=O) groups is 3. The average molecular weight is 434 g/mol. The highest BCUT2D eigenvalue weighted by Gasteiger charge is 2.50. The topological polar surface area (TPSA) is 78.5 Å². The van der Waals surface area contributed by atoms with Crippen LogP contribution < -0.4 is 10.6 Å². The van der Waals surface area contributed by atoms with Crippen LogP contribution in [0.25, 0.3) is 0 Å². The molecule has 6 nitrogen and oxygen atoms in total. The lowest BCUT2D eigenvalue weighted by atomic mass is 9.92. The second kappa shape index (κ2) is 7.11. The van der Waals surface area contributed by atoms with Crippen molar-refractivity contribution in [3.8, 4) is 0 Å². The third kappa shape index (κ3) is 3.57. The van der Waals surface area contributed by atoms with Gasteiger partial charge in [0.05, 0.1) is 0 Å². The number of benzene rings is 2. The second-order valence-corrected chi connectivity index (χ2v) is 7.29. The molecule has 27 heavy (non-hydrogen) atoms. The highest BCUT2D eigenvalue weighted by Crippen LogP contribution is 2.33. The Balaban J connectivity index is 1.79. The van der Waals surface area contributed by atoms with Crippen LogP contribution >= 0.6 is 15.9 Å². The van der Waals surface area contributed by atoms with Crippen LogP contribution in [-0.4, -0.2) is 29.3 Å². The van der Waals surface area contributed by atoms with Crippen LogP contribution in [0.4, 0.5) is 14.9 Å².